The first-order valence-corrected chi connectivity index (χ1v) is 7.40. The van der Waals surface area contributed by atoms with Crippen LogP contribution in [0.5, 0.6) is 0 Å². The predicted octanol–water partition coefficient (Wildman–Crippen LogP) is 1.35. The summed E-state index contributed by atoms with van der Waals surface area (Å²) in [6.07, 6.45) is 0. The molecule has 0 unspecified atom stereocenters. The van der Waals surface area contributed by atoms with Crippen LogP contribution >= 0.6 is 11.6 Å². The monoisotopic (exact) mass is 336 g/mol. The molecule has 0 aliphatic rings. The first-order valence-electron chi connectivity index (χ1n) is 5.59. The van der Waals surface area contributed by atoms with Crippen LogP contribution < -0.4 is 0 Å². The van der Waals surface area contributed by atoms with Crippen LogP contribution in [0.3, 0.4) is 0 Å². The number of nitro benzene ring substituents is 1. The number of nitro groups is 1. The third-order valence-corrected chi connectivity index (χ3v) is 4.96. The number of aryl methyl sites for hydroxylation is 1. The zero-order valence-electron chi connectivity index (χ0n) is 11.5. The molecule has 0 amide bonds. The van der Waals surface area contributed by atoms with Crippen LogP contribution in [0.2, 0.25) is 5.02 Å². The maximum atomic E-state index is 12.3. The number of rotatable bonds is 5. The van der Waals surface area contributed by atoms with Gasteiger partial charge in [0, 0.05) is 13.1 Å². The van der Waals surface area contributed by atoms with Crippen molar-refractivity contribution in [3.05, 3.63) is 32.8 Å². The van der Waals surface area contributed by atoms with E-state index in [0.717, 1.165) is 17.5 Å². The van der Waals surface area contributed by atoms with Gasteiger partial charge in [0.2, 0.25) is 10.0 Å². The van der Waals surface area contributed by atoms with Crippen molar-refractivity contribution in [3.8, 4) is 0 Å². The number of nitrogens with zero attached hydrogens (tertiary/aromatic N) is 2. The van der Waals surface area contributed by atoms with Crippen molar-refractivity contribution >= 4 is 33.3 Å². The summed E-state index contributed by atoms with van der Waals surface area (Å²) in [6, 6.07) is 2.07. The Morgan fingerprint density at radius 2 is 2.05 bits per heavy atom. The molecular formula is C11H13ClN2O6S. The van der Waals surface area contributed by atoms with Crippen LogP contribution in [-0.4, -0.2) is 44.3 Å². The second-order valence-corrected chi connectivity index (χ2v) is 6.58. The minimum absolute atomic E-state index is 0.160. The number of ether oxygens (including phenoxy) is 1. The molecule has 0 aliphatic heterocycles. The van der Waals surface area contributed by atoms with E-state index in [2.05, 4.69) is 4.74 Å². The number of carbonyl (C=O) groups excluding carboxylic acids is 1. The van der Waals surface area contributed by atoms with Crippen LogP contribution in [-0.2, 0) is 19.6 Å². The number of carbonyl (C=O) groups is 1. The predicted molar refractivity (Wildman–Crippen MR) is 74.7 cm³/mol. The van der Waals surface area contributed by atoms with Crippen molar-refractivity contribution in [1.29, 1.82) is 0 Å². The Morgan fingerprint density at radius 3 is 2.52 bits per heavy atom. The van der Waals surface area contributed by atoms with E-state index in [1.807, 2.05) is 0 Å². The molecule has 10 heteroatoms. The van der Waals surface area contributed by atoms with Gasteiger partial charge in [0.25, 0.3) is 5.69 Å². The van der Waals surface area contributed by atoms with Crippen LogP contribution in [0.4, 0.5) is 5.69 Å². The fraction of sp³-hybridized carbons (Fsp3) is 0.364. The molecule has 8 nitrogen and oxygen atoms in total. The summed E-state index contributed by atoms with van der Waals surface area (Å²) in [5.74, 6) is -0.748. The number of benzene rings is 1. The number of halogens is 1. The topological polar surface area (TPSA) is 107 Å². The van der Waals surface area contributed by atoms with E-state index in [1.165, 1.54) is 20.0 Å². The summed E-state index contributed by atoms with van der Waals surface area (Å²) in [6.45, 7) is 0.948. The fourth-order valence-corrected chi connectivity index (χ4v) is 3.18. The molecule has 0 heterocycles. The molecule has 116 valence electrons. The zero-order chi connectivity index (χ0) is 16.4. The number of likely N-dealkylation sites (N-methyl/N-ethyl adjacent to an activating group) is 1. The van der Waals surface area contributed by atoms with E-state index in [1.54, 1.807) is 0 Å². The molecule has 0 spiro atoms. The largest absolute Gasteiger partial charge is 0.468 e. The van der Waals surface area contributed by atoms with Crippen molar-refractivity contribution in [3.63, 3.8) is 0 Å². The van der Waals surface area contributed by atoms with Gasteiger partial charge in [-0.1, -0.05) is 11.6 Å². The standard InChI is InChI=1S/C11H13ClN2O6S/c1-7-4-8(12)9(14(16)17)5-10(7)21(18,19)13(2)6-11(15)20-3/h4-5H,6H2,1-3H3. The summed E-state index contributed by atoms with van der Waals surface area (Å²) >= 11 is 5.71. The minimum Gasteiger partial charge on any atom is -0.468 e. The molecule has 0 N–H and O–H groups in total. The average Bonchev–Trinajstić information content (AvgIpc) is 2.37. The quantitative estimate of drug-likeness (QED) is 0.456. The SMILES string of the molecule is COC(=O)CN(C)S(=O)(=O)c1cc([N+](=O)[O-])c(Cl)cc1C. The van der Waals surface area contributed by atoms with Gasteiger partial charge in [-0.15, -0.1) is 0 Å². The summed E-state index contributed by atoms with van der Waals surface area (Å²) < 4.78 is 29.8. The normalized spacial score (nSPS) is 11.5. The Hall–Kier alpha value is -1.71. The van der Waals surface area contributed by atoms with Gasteiger partial charge in [-0.3, -0.25) is 14.9 Å². The first kappa shape index (κ1) is 17.3. The maximum Gasteiger partial charge on any atom is 0.321 e. The van der Waals surface area contributed by atoms with Gasteiger partial charge < -0.3 is 4.74 Å². The van der Waals surface area contributed by atoms with Gasteiger partial charge in [-0.05, 0) is 18.6 Å². The molecule has 1 aromatic carbocycles. The van der Waals surface area contributed by atoms with E-state index >= 15 is 0 Å². The summed E-state index contributed by atoms with van der Waals surface area (Å²) in [7, 11) is -1.78. The third-order valence-electron chi connectivity index (χ3n) is 2.71. The van der Waals surface area contributed by atoms with Gasteiger partial charge in [0.1, 0.15) is 11.6 Å². The maximum absolute atomic E-state index is 12.3. The Labute approximate surface area is 126 Å². The molecule has 1 aromatic rings. The van der Waals surface area contributed by atoms with Gasteiger partial charge in [-0.25, -0.2) is 8.42 Å². The Kier molecular flexibility index (Phi) is 5.26. The number of methoxy groups -OCH3 is 1. The molecule has 0 saturated heterocycles. The summed E-state index contributed by atoms with van der Waals surface area (Å²) in [4.78, 5) is 20.9. The van der Waals surface area contributed by atoms with E-state index in [-0.39, 0.29) is 15.5 Å². The number of hydrogen-bond acceptors (Lipinski definition) is 6. The highest BCUT2D eigenvalue weighted by atomic mass is 35.5. The van der Waals surface area contributed by atoms with E-state index in [4.69, 9.17) is 11.6 Å². The van der Waals surface area contributed by atoms with Crippen molar-refractivity contribution in [2.45, 2.75) is 11.8 Å². The molecule has 0 atom stereocenters. The molecule has 1 rings (SSSR count). The first-order chi connectivity index (χ1) is 9.61. The highest BCUT2D eigenvalue weighted by Crippen LogP contribution is 2.31. The molecule has 21 heavy (non-hydrogen) atoms. The summed E-state index contributed by atoms with van der Waals surface area (Å²) in [5, 5.41) is 10.7. The van der Waals surface area contributed by atoms with Crippen LogP contribution in [0.25, 0.3) is 0 Å². The lowest BCUT2D eigenvalue weighted by molar-refractivity contribution is -0.384. The van der Waals surface area contributed by atoms with E-state index < -0.39 is 33.1 Å². The number of hydrogen-bond donors (Lipinski definition) is 0. The lowest BCUT2D eigenvalue weighted by Crippen LogP contribution is -2.33. The molecule has 0 radical (unpaired) electrons. The molecule has 0 aromatic heterocycles. The lowest BCUT2D eigenvalue weighted by atomic mass is 10.2. The van der Waals surface area contributed by atoms with Crippen molar-refractivity contribution < 1.29 is 22.9 Å². The van der Waals surface area contributed by atoms with Crippen LogP contribution in [0, 0.1) is 17.0 Å². The fourth-order valence-electron chi connectivity index (χ4n) is 1.56. The van der Waals surface area contributed by atoms with E-state index in [0.29, 0.717) is 0 Å². The zero-order valence-corrected chi connectivity index (χ0v) is 13.1. The third kappa shape index (κ3) is 3.69. The molecule has 0 saturated carbocycles. The Morgan fingerprint density at radius 1 is 1.48 bits per heavy atom. The van der Waals surface area contributed by atoms with Crippen LogP contribution in [0.15, 0.2) is 17.0 Å². The van der Waals surface area contributed by atoms with Gasteiger partial charge in [-0.2, -0.15) is 4.31 Å². The average molecular weight is 337 g/mol. The van der Waals surface area contributed by atoms with Crippen molar-refractivity contribution in [2.24, 2.45) is 0 Å². The van der Waals surface area contributed by atoms with Gasteiger partial charge in [0.15, 0.2) is 0 Å². The van der Waals surface area contributed by atoms with Gasteiger partial charge in [0.05, 0.1) is 16.9 Å². The second-order valence-electron chi connectivity index (χ2n) is 4.16. The highest BCUT2D eigenvalue weighted by molar-refractivity contribution is 7.89. The highest BCUT2D eigenvalue weighted by Gasteiger charge is 2.28. The second kappa shape index (κ2) is 6.37. The lowest BCUT2D eigenvalue weighted by Gasteiger charge is -2.17. The van der Waals surface area contributed by atoms with Crippen molar-refractivity contribution in [1.82, 2.24) is 4.31 Å². The minimum atomic E-state index is -4.08. The number of sulfonamides is 1. The van der Waals surface area contributed by atoms with E-state index in [9.17, 15) is 23.3 Å². The summed E-state index contributed by atoms with van der Waals surface area (Å²) in [5.41, 5.74) is -0.283. The Balaban J connectivity index is 3.34. The Bertz CT molecular complexity index is 688. The van der Waals surface area contributed by atoms with Gasteiger partial charge >= 0.3 is 5.97 Å². The molecular weight excluding hydrogens is 324 g/mol. The molecule has 0 fully saturated rings. The molecule has 0 bridgehead atoms. The molecule has 0 aliphatic carbocycles. The van der Waals surface area contributed by atoms with Crippen molar-refractivity contribution in [2.75, 3.05) is 20.7 Å². The van der Waals surface area contributed by atoms with Crippen LogP contribution in [0.1, 0.15) is 5.56 Å². The number of esters is 1. The smallest absolute Gasteiger partial charge is 0.321 e.